The number of Topliss-reactive ketones (excluding diaryl/α,β-unsaturated/α-hetero) is 1. The summed E-state index contributed by atoms with van der Waals surface area (Å²) < 4.78 is 10.3. The number of benzene rings is 2. The topological polar surface area (TPSA) is 35.5 Å². The van der Waals surface area contributed by atoms with Gasteiger partial charge in [0.1, 0.15) is 11.5 Å². The minimum Gasteiger partial charge on any atom is -0.497 e. The van der Waals surface area contributed by atoms with E-state index in [1.165, 1.54) is 0 Å². The van der Waals surface area contributed by atoms with E-state index >= 15 is 0 Å². The zero-order chi connectivity index (χ0) is 15.9. The lowest BCUT2D eigenvalue weighted by atomic mass is 9.99. The Balaban J connectivity index is 2.24. The molecule has 2 aromatic carbocycles. The molecule has 0 saturated heterocycles. The Bertz CT molecular complexity index is 652. The van der Waals surface area contributed by atoms with Crippen LogP contribution in [0.15, 0.2) is 54.1 Å². The van der Waals surface area contributed by atoms with Crippen molar-refractivity contribution >= 4 is 11.9 Å². The van der Waals surface area contributed by atoms with Crippen molar-refractivity contribution in [3.05, 3.63) is 65.2 Å². The van der Waals surface area contributed by atoms with Crippen molar-refractivity contribution in [1.82, 2.24) is 0 Å². The monoisotopic (exact) mass is 296 g/mol. The van der Waals surface area contributed by atoms with Gasteiger partial charge in [0, 0.05) is 11.1 Å². The second-order valence-electron chi connectivity index (χ2n) is 4.85. The van der Waals surface area contributed by atoms with Crippen LogP contribution in [0.25, 0.3) is 6.08 Å². The summed E-state index contributed by atoms with van der Waals surface area (Å²) >= 11 is 0. The van der Waals surface area contributed by atoms with Crippen LogP contribution in [0.4, 0.5) is 0 Å². The van der Waals surface area contributed by atoms with E-state index in [1.54, 1.807) is 38.5 Å². The molecule has 0 bridgehead atoms. The third kappa shape index (κ3) is 3.76. The lowest BCUT2D eigenvalue weighted by Gasteiger charge is -2.06. The van der Waals surface area contributed by atoms with Crippen LogP contribution in [0.5, 0.6) is 11.5 Å². The lowest BCUT2D eigenvalue weighted by molar-refractivity contribution is 0.103. The first-order valence-corrected chi connectivity index (χ1v) is 7.21. The smallest absolute Gasteiger partial charge is 0.189 e. The summed E-state index contributed by atoms with van der Waals surface area (Å²) in [6, 6.07) is 14.8. The van der Waals surface area contributed by atoms with E-state index < -0.39 is 0 Å². The Hall–Kier alpha value is -2.55. The Kier molecular flexibility index (Phi) is 5.37. The van der Waals surface area contributed by atoms with Crippen LogP contribution in [0, 0.1) is 0 Å². The molecule has 2 aromatic rings. The van der Waals surface area contributed by atoms with Crippen LogP contribution >= 0.6 is 0 Å². The maximum Gasteiger partial charge on any atom is 0.189 e. The first kappa shape index (κ1) is 15.8. The van der Waals surface area contributed by atoms with Gasteiger partial charge < -0.3 is 9.47 Å². The van der Waals surface area contributed by atoms with E-state index in [9.17, 15) is 4.79 Å². The number of carbonyl (C=O) groups excluding carboxylic acids is 1. The Labute approximate surface area is 131 Å². The molecule has 0 saturated carbocycles. The molecule has 0 aliphatic rings. The van der Waals surface area contributed by atoms with Gasteiger partial charge in [-0.05, 0) is 54.5 Å². The molecule has 114 valence electrons. The standard InChI is InChI=1S/C19H20O3/c1-4-15(13-14-5-9-17(21-2)10-6-14)19(20)16-7-11-18(22-3)12-8-16/h5-13H,4H2,1-3H3. The van der Waals surface area contributed by atoms with Gasteiger partial charge in [-0.3, -0.25) is 4.79 Å². The molecule has 22 heavy (non-hydrogen) atoms. The molecule has 2 rings (SSSR count). The molecular weight excluding hydrogens is 276 g/mol. The number of hydrogen-bond acceptors (Lipinski definition) is 3. The highest BCUT2D eigenvalue weighted by atomic mass is 16.5. The first-order chi connectivity index (χ1) is 10.7. The predicted octanol–water partition coefficient (Wildman–Crippen LogP) is 4.38. The summed E-state index contributed by atoms with van der Waals surface area (Å²) in [6.07, 6.45) is 2.60. The van der Waals surface area contributed by atoms with Gasteiger partial charge in [-0.15, -0.1) is 0 Å². The maximum absolute atomic E-state index is 12.6. The van der Waals surface area contributed by atoms with Gasteiger partial charge in [0.2, 0.25) is 0 Å². The average Bonchev–Trinajstić information content (AvgIpc) is 2.59. The fourth-order valence-corrected chi connectivity index (χ4v) is 2.16. The second-order valence-corrected chi connectivity index (χ2v) is 4.85. The number of ether oxygens (including phenoxy) is 2. The summed E-state index contributed by atoms with van der Waals surface area (Å²) in [5.41, 5.74) is 2.43. The molecule has 0 unspecified atom stereocenters. The highest BCUT2D eigenvalue weighted by molar-refractivity contribution is 6.11. The number of rotatable bonds is 6. The number of methoxy groups -OCH3 is 2. The fourth-order valence-electron chi connectivity index (χ4n) is 2.16. The molecular formula is C19H20O3. The van der Waals surface area contributed by atoms with Gasteiger partial charge in [0.25, 0.3) is 0 Å². The van der Waals surface area contributed by atoms with Crippen LogP contribution in [-0.4, -0.2) is 20.0 Å². The maximum atomic E-state index is 12.6. The molecule has 0 atom stereocenters. The molecule has 0 radical (unpaired) electrons. The third-order valence-electron chi connectivity index (χ3n) is 3.48. The minimum absolute atomic E-state index is 0.0426. The zero-order valence-corrected chi connectivity index (χ0v) is 13.1. The summed E-state index contributed by atoms with van der Waals surface area (Å²) in [6.45, 7) is 1.98. The summed E-state index contributed by atoms with van der Waals surface area (Å²) in [7, 11) is 3.24. The normalized spacial score (nSPS) is 11.1. The Morgan fingerprint density at radius 2 is 1.41 bits per heavy atom. The van der Waals surface area contributed by atoms with Crippen molar-refractivity contribution in [2.45, 2.75) is 13.3 Å². The summed E-state index contributed by atoms with van der Waals surface area (Å²) in [4.78, 5) is 12.6. The first-order valence-electron chi connectivity index (χ1n) is 7.21. The SMILES string of the molecule is CCC(=Cc1ccc(OC)cc1)C(=O)c1ccc(OC)cc1. The van der Waals surface area contributed by atoms with Gasteiger partial charge in [-0.25, -0.2) is 0 Å². The van der Waals surface area contributed by atoms with Gasteiger partial charge in [0.15, 0.2) is 5.78 Å². The van der Waals surface area contributed by atoms with Crippen molar-refractivity contribution in [3.63, 3.8) is 0 Å². The molecule has 0 N–H and O–H groups in total. The van der Waals surface area contributed by atoms with E-state index in [0.29, 0.717) is 12.0 Å². The summed E-state index contributed by atoms with van der Waals surface area (Å²) in [5.74, 6) is 1.59. The van der Waals surface area contributed by atoms with Crippen molar-refractivity contribution in [3.8, 4) is 11.5 Å². The third-order valence-corrected chi connectivity index (χ3v) is 3.48. The van der Waals surface area contributed by atoms with Crippen molar-refractivity contribution in [1.29, 1.82) is 0 Å². The van der Waals surface area contributed by atoms with Crippen molar-refractivity contribution in [2.24, 2.45) is 0 Å². The molecule has 3 heteroatoms. The van der Waals surface area contributed by atoms with E-state index in [0.717, 1.165) is 22.6 Å². The molecule has 0 spiro atoms. The van der Waals surface area contributed by atoms with Crippen LogP contribution in [0.1, 0.15) is 29.3 Å². The zero-order valence-electron chi connectivity index (χ0n) is 13.1. The van der Waals surface area contributed by atoms with Crippen LogP contribution in [-0.2, 0) is 0 Å². The van der Waals surface area contributed by atoms with Crippen LogP contribution < -0.4 is 9.47 Å². The highest BCUT2D eigenvalue weighted by Crippen LogP contribution is 2.19. The molecule has 0 fully saturated rings. The molecule has 0 amide bonds. The van der Waals surface area contributed by atoms with Gasteiger partial charge in [-0.2, -0.15) is 0 Å². The Morgan fingerprint density at radius 3 is 1.86 bits per heavy atom. The van der Waals surface area contributed by atoms with Crippen LogP contribution in [0.2, 0.25) is 0 Å². The second kappa shape index (κ2) is 7.46. The molecule has 0 aliphatic heterocycles. The van der Waals surface area contributed by atoms with Gasteiger partial charge in [-0.1, -0.05) is 19.1 Å². The highest BCUT2D eigenvalue weighted by Gasteiger charge is 2.11. The molecule has 3 nitrogen and oxygen atoms in total. The minimum atomic E-state index is 0.0426. The number of carbonyl (C=O) groups is 1. The largest absolute Gasteiger partial charge is 0.497 e. The number of ketones is 1. The van der Waals surface area contributed by atoms with E-state index in [2.05, 4.69) is 0 Å². The molecule has 0 aliphatic carbocycles. The predicted molar refractivity (Wildman–Crippen MR) is 88.6 cm³/mol. The number of hydrogen-bond donors (Lipinski definition) is 0. The van der Waals surface area contributed by atoms with Gasteiger partial charge >= 0.3 is 0 Å². The molecule has 0 aromatic heterocycles. The molecule has 0 heterocycles. The van der Waals surface area contributed by atoms with Crippen LogP contribution in [0.3, 0.4) is 0 Å². The summed E-state index contributed by atoms with van der Waals surface area (Å²) in [5, 5.41) is 0. The van der Waals surface area contributed by atoms with Gasteiger partial charge in [0.05, 0.1) is 14.2 Å². The lowest BCUT2D eigenvalue weighted by Crippen LogP contribution is -2.02. The quantitative estimate of drug-likeness (QED) is 0.586. The average molecular weight is 296 g/mol. The van der Waals surface area contributed by atoms with Crippen molar-refractivity contribution in [2.75, 3.05) is 14.2 Å². The van der Waals surface area contributed by atoms with E-state index in [-0.39, 0.29) is 5.78 Å². The van der Waals surface area contributed by atoms with Crippen molar-refractivity contribution < 1.29 is 14.3 Å². The Morgan fingerprint density at radius 1 is 0.909 bits per heavy atom. The van der Waals surface area contributed by atoms with E-state index in [4.69, 9.17) is 9.47 Å². The van der Waals surface area contributed by atoms with E-state index in [1.807, 2.05) is 37.3 Å². The number of allylic oxidation sites excluding steroid dienone is 1. The fraction of sp³-hybridized carbons (Fsp3) is 0.211.